The third-order valence-corrected chi connectivity index (χ3v) is 2.15. The van der Waals surface area contributed by atoms with Gasteiger partial charge in [-0.15, -0.1) is 0 Å². The third-order valence-electron chi connectivity index (χ3n) is 2.15. The normalized spacial score (nSPS) is 29.1. The molecule has 0 saturated carbocycles. The average Bonchev–Trinajstić information content (AvgIpc) is 2.54. The van der Waals surface area contributed by atoms with Crippen LogP contribution in [-0.4, -0.2) is 17.8 Å². The van der Waals surface area contributed by atoms with E-state index in [2.05, 4.69) is 0 Å². The smallest absolute Gasteiger partial charge is 0.0851 e. The summed E-state index contributed by atoms with van der Waals surface area (Å²) in [5.74, 6) is 0. The highest BCUT2D eigenvalue weighted by Crippen LogP contribution is 2.28. The van der Waals surface area contributed by atoms with E-state index in [1.807, 2.05) is 30.3 Å². The molecule has 2 heteroatoms. The van der Waals surface area contributed by atoms with E-state index in [1.165, 1.54) is 0 Å². The molecule has 0 unspecified atom stereocenters. The van der Waals surface area contributed by atoms with Crippen molar-refractivity contribution >= 4 is 0 Å². The Balaban J connectivity index is 2.11. The van der Waals surface area contributed by atoms with Crippen molar-refractivity contribution in [3.63, 3.8) is 0 Å². The van der Waals surface area contributed by atoms with E-state index in [-0.39, 0.29) is 12.2 Å². The zero-order chi connectivity index (χ0) is 8.39. The molecule has 2 rings (SSSR count). The highest BCUT2D eigenvalue weighted by Gasteiger charge is 2.24. The largest absolute Gasteiger partial charge is 0.391 e. The van der Waals surface area contributed by atoms with Crippen molar-refractivity contribution in [2.75, 3.05) is 6.61 Å². The molecular weight excluding hydrogens is 152 g/mol. The van der Waals surface area contributed by atoms with Gasteiger partial charge in [0.05, 0.1) is 18.8 Å². The molecule has 0 spiro atoms. The van der Waals surface area contributed by atoms with Crippen molar-refractivity contribution in [3.8, 4) is 0 Å². The van der Waals surface area contributed by atoms with Gasteiger partial charge < -0.3 is 9.84 Å². The van der Waals surface area contributed by atoms with E-state index in [0.717, 1.165) is 12.0 Å². The predicted octanol–water partition coefficient (Wildman–Crippen LogP) is 1.51. The van der Waals surface area contributed by atoms with Crippen LogP contribution in [0.4, 0.5) is 0 Å². The maximum absolute atomic E-state index is 9.24. The number of rotatable bonds is 1. The van der Waals surface area contributed by atoms with E-state index in [0.29, 0.717) is 6.61 Å². The second-order valence-corrected chi connectivity index (χ2v) is 3.12. The molecule has 1 fully saturated rings. The molecule has 1 N–H and O–H groups in total. The summed E-state index contributed by atoms with van der Waals surface area (Å²) in [6.45, 7) is 0.472. The summed E-state index contributed by atoms with van der Waals surface area (Å²) >= 11 is 0. The molecule has 2 atom stereocenters. The van der Waals surface area contributed by atoms with Gasteiger partial charge in [0.2, 0.25) is 0 Å². The second kappa shape index (κ2) is 3.25. The number of hydrogen-bond donors (Lipinski definition) is 1. The minimum atomic E-state index is -0.282. The summed E-state index contributed by atoms with van der Waals surface area (Å²) in [6.07, 6.45) is 0.542. The van der Waals surface area contributed by atoms with E-state index in [1.54, 1.807) is 0 Å². The van der Waals surface area contributed by atoms with Crippen LogP contribution >= 0.6 is 0 Å². The minimum Gasteiger partial charge on any atom is -0.391 e. The van der Waals surface area contributed by atoms with Crippen LogP contribution in [0.25, 0.3) is 0 Å². The lowest BCUT2D eigenvalue weighted by Crippen LogP contribution is -2.02. The molecule has 1 saturated heterocycles. The van der Waals surface area contributed by atoms with Crippen molar-refractivity contribution in [1.82, 2.24) is 0 Å². The Labute approximate surface area is 71.8 Å². The Kier molecular flexibility index (Phi) is 2.11. The second-order valence-electron chi connectivity index (χ2n) is 3.12. The Morgan fingerprint density at radius 2 is 2.00 bits per heavy atom. The molecule has 2 nitrogen and oxygen atoms in total. The number of benzene rings is 1. The molecule has 1 aromatic carbocycles. The zero-order valence-corrected chi connectivity index (χ0v) is 6.81. The first-order valence-corrected chi connectivity index (χ1v) is 4.21. The van der Waals surface area contributed by atoms with Crippen molar-refractivity contribution in [2.45, 2.75) is 18.6 Å². The lowest BCUT2D eigenvalue weighted by atomic mass is 10.1. The predicted molar refractivity (Wildman–Crippen MR) is 45.8 cm³/mol. The Bertz CT molecular complexity index is 245. The van der Waals surface area contributed by atoms with Gasteiger partial charge >= 0.3 is 0 Å². The van der Waals surface area contributed by atoms with E-state index < -0.39 is 0 Å². The van der Waals surface area contributed by atoms with Crippen LogP contribution in [0.3, 0.4) is 0 Å². The van der Waals surface area contributed by atoms with Crippen LogP contribution in [0, 0.1) is 0 Å². The van der Waals surface area contributed by atoms with Gasteiger partial charge in [-0.1, -0.05) is 30.3 Å². The number of aliphatic hydroxyl groups is 1. The summed E-state index contributed by atoms with van der Waals surface area (Å²) in [6, 6.07) is 10.0. The molecular formula is C10H12O2. The van der Waals surface area contributed by atoms with Crippen LogP contribution < -0.4 is 0 Å². The number of ether oxygens (including phenoxy) is 1. The van der Waals surface area contributed by atoms with Gasteiger partial charge in [-0.2, -0.15) is 0 Å². The van der Waals surface area contributed by atoms with Gasteiger partial charge in [0.1, 0.15) is 0 Å². The fourth-order valence-electron chi connectivity index (χ4n) is 1.51. The molecule has 1 aliphatic heterocycles. The van der Waals surface area contributed by atoms with Crippen LogP contribution in [0.1, 0.15) is 18.1 Å². The SMILES string of the molecule is O[C@@H]1CO[C@H](c2ccccc2)C1. The quantitative estimate of drug-likeness (QED) is 0.681. The van der Waals surface area contributed by atoms with Gasteiger partial charge in [0.15, 0.2) is 0 Å². The number of hydrogen-bond acceptors (Lipinski definition) is 2. The fourth-order valence-corrected chi connectivity index (χ4v) is 1.51. The monoisotopic (exact) mass is 164 g/mol. The fraction of sp³-hybridized carbons (Fsp3) is 0.400. The lowest BCUT2D eigenvalue weighted by Gasteiger charge is -2.07. The summed E-state index contributed by atoms with van der Waals surface area (Å²) < 4.78 is 5.40. The molecule has 12 heavy (non-hydrogen) atoms. The standard InChI is InChI=1S/C10H12O2/c11-9-6-10(12-7-9)8-4-2-1-3-5-8/h1-5,9-11H,6-7H2/t9-,10-/m0/s1. The van der Waals surface area contributed by atoms with Gasteiger partial charge in [-0.25, -0.2) is 0 Å². The van der Waals surface area contributed by atoms with Crippen molar-refractivity contribution in [2.24, 2.45) is 0 Å². The van der Waals surface area contributed by atoms with Crippen LogP contribution in [-0.2, 0) is 4.74 Å². The van der Waals surface area contributed by atoms with Crippen LogP contribution in [0.5, 0.6) is 0 Å². The van der Waals surface area contributed by atoms with Crippen LogP contribution in [0.15, 0.2) is 30.3 Å². The minimum absolute atomic E-state index is 0.0983. The maximum Gasteiger partial charge on any atom is 0.0851 e. The third kappa shape index (κ3) is 1.49. The maximum atomic E-state index is 9.24. The molecule has 0 bridgehead atoms. The zero-order valence-electron chi connectivity index (χ0n) is 6.81. The van der Waals surface area contributed by atoms with Crippen molar-refractivity contribution < 1.29 is 9.84 Å². The van der Waals surface area contributed by atoms with Gasteiger partial charge in [-0.3, -0.25) is 0 Å². The van der Waals surface area contributed by atoms with Gasteiger partial charge in [0.25, 0.3) is 0 Å². The van der Waals surface area contributed by atoms with E-state index >= 15 is 0 Å². The van der Waals surface area contributed by atoms with Crippen molar-refractivity contribution in [1.29, 1.82) is 0 Å². The summed E-state index contributed by atoms with van der Waals surface area (Å²) in [7, 11) is 0. The summed E-state index contributed by atoms with van der Waals surface area (Å²) in [5.41, 5.74) is 1.16. The molecule has 0 amide bonds. The highest BCUT2D eigenvalue weighted by atomic mass is 16.5. The average molecular weight is 164 g/mol. The molecule has 1 heterocycles. The highest BCUT2D eigenvalue weighted by molar-refractivity contribution is 5.18. The molecule has 1 aromatic rings. The molecule has 0 aromatic heterocycles. The first kappa shape index (κ1) is 7.77. The van der Waals surface area contributed by atoms with Crippen LogP contribution in [0.2, 0.25) is 0 Å². The van der Waals surface area contributed by atoms with E-state index in [9.17, 15) is 5.11 Å². The number of aliphatic hydroxyl groups excluding tert-OH is 1. The first-order valence-electron chi connectivity index (χ1n) is 4.21. The summed E-state index contributed by atoms with van der Waals surface area (Å²) in [4.78, 5) is 0. The molecule has 0 radical (unpaired) electrons. The lowest BCUT2D eigenvalue weighted by molar-refractivity contribution is 0.0888. The molecule has 1 aliphatic rings. The van der Waals surface area contributed by atoms with Crippen molar-refractivity contribution in [3.05, 3.63) is 35.9 Å². The van der Waals surface area contributed by atoms with Gasteiger partial charge in [-0.05, 0) is 5.56 Å². The van der Waals surface area contributed by atoms with Gasteiger partial charge in [0, 0.05) is 6.42 Å². The molecule has 0 aliphatic carbocycles. The Hall–Kier alpha value is -0.860. The topological polar surface area (TPSA) is 29.5 Å². The van der Waals surface area contributed by atoms with E-state index in [4.69, 9.17) is 4.74 Å². The summed E-state index contributed by atoms with van der Waals surface area (Å²) in [5, 5.41) is 9.24. The first-order chi connectivity index (χ1) is 5.86. The Morgan fingerprint density at radius 1 is 1.25 bits per heavy atom. The molecule has 64 valence electrons. The Morgan fingerprint density at radius 3 is 2.58 bits per heavy atom.